The van der Waals surface area contributed by atoms with Gasteiger partial charge in [-0.05, 0) is 56.5 Å². The molecule has 5 heteroatoms. The molecule has 0 aliphatic heterocycles. The third-order valence-corrected chi connectivity index (χ3v) is 5.38. The molecule has 1 N–H and O–H groups in total. The Labute approximate surface area is 180 Å². The SMILES string of the molecule is CCOc1cc2occ(-c3cccc(Br)c3)c2cc1/C(C)=C/C(=O)NC(C)CC. The molecule has 0 fully saturated rings. The molecule has 0 saturated heterocycles. The molecule has 2 aromatic carbocycles. The van der Waals surface area contributed by atoms with Crippen LogP contribution < -0.4 is 10.1 Å². The first-order valence-corrected chi connectivity index (χ1v) is 10.6. The van der Waals surface area contributed by atoms with Crippen molar-refractivity contribution in [1.29, 1.82) is 0 Å². The van der Waals surface area contributed by atoms with Gasteiger partial charge in [0.1, 0.15) is 11.3 Å². The van der Waals surface area contributed by atoms with Crippen molar-refractivity contribution >= 4 is 38.4 Å². The Morgan fingerprint density at radius 3 is 2.76 bits per heavy atom. The third-order valence-electron chi connectivity index (χ3n) is 4.88. The molecule has 0 aliphatic rings. The van der Waals surface area contributed by atoms with E-state index in [-0.39, 0.29) is 11.9 Å². The Bertz CT molecular complexity index is 1050. The summed E-state index contributed by atoms with van der Waals surface area (Å²) in [7, 11) is 0. The van der Waals surface area contributed by atoms with Crippen molar-refractivity contribution in [2.75, 3.05) is 6.61 Å². The average Bonchev–Trinajstić information content (AvgIpc) is 3.10. The zero-order chi connectivity index (χ0) is 21.0. The minimum atomic E-state index is -0.0983. The number of amides is 1. The number of benzene rings is 2. The van der Waals surface area contributed by atoms with Gasteiger partial charge in [0.15, 0.2) is 0 Å². The lowest BCUT2D eigenvalue weighted by Gasteiger charge is -2.13. The molecular weight excluding hydrogens is 430 g/mol. The van der Waals surface area contributed by atoms with E-state index < -0.39 is 0 Å². The maximum atomic E-state index is 12.4. The van der Waals surface area contributed by atoms with Gasteiger partial charge in [0.2, 0.25) is 5.91 Å². The second-order valence-corrected chi connectivity index (χ2v) is 8.00. The molecule has 152 valence electrons. The fourth-order valence-corrected chi connectivity index (χ4v) is 3.58. The van der Waals surface area contributed by atoms with E-state index in [0.29, 0.717) is 12.4 Å². The van der Waals surface area contributed by atoms with E-state index in [1.807, 2.05) is 58.0 Å². The minimum absolute atomic E-state index is 0.0983. The molecule has 1 unspecified atom stereocenters. The van der Waals surface area contributed by atoms with Gasteiger partial charge in [-0.3, -0.25) is 4.79 Å². The molecule has 29 heavy (non-hydrogen) atoms. The van der Waals surface area contributed by atoms with E-state index in [9.17, 15) is 4.79 Å². The topological polar surface area (TPSA) is 51.5 Å². The van der Waals surface area contributed by atoms with E-state index in [4.69, 9.17) is 9.15 Å². The molecule has 1 heterocycles. The zero-order valence-electron chi connectivity index (χ0n) is 17.2. The number of hydrogen-bond donors (Lipinski definition) is 1. The standard InChI is InChI=1S/C24H26BrNO3/c1-5-16(4)26-24(27)10-15(3)19-12-20-21(17-8-7-9-18(25)11-17)14-29-23(20)13-22(19)28-6-2/h7-14,16H,5-6H2,1-4H3,(H,26,27)/b15-10+. The second-order valence-electron chi connectivity index (χ2n) is 7.08. The number of allylic oxidation sites excluding steroid dienone is 1. The highest BCUT2D eigenvalue weighted by atomic mass is 79.9. The lowest BCUT2D eigenvalue weighted by Crippen LogP contribution is -2.30. The van der Waals surface area contributed by atoms with Crippen LogP contribution in [0.25, 0.3) is 27.7 Å². The minimum Gasteiger partial charge on any atom is -0.493 e. The monoisotopic (exact) mass is 455 g/mol. The van der Waals surface area contributed by atoms with Crippen molar-refractivity contribution in [1.82, 2.24) is 5.32 Å². The summed E-state index contributed by atoms with van der Waals surface area (Å²) in [5, 5.41) is 3.96. The Hall–Kier alpha value is -2.53. The molecule has 0 spiro atoms. The summed E-state index contributed by atoms with van der Waals surface area (Å²) in [5.74, 6) is 0.610. The van der Waals surface area contributed by atoms with Gasteiger partial charge in [-0.15, -0.1) is 0 Å². The molecule has 0 bridgehead atoms. The van der Waals surface area contributed by atoms with Gasteiger partial charge in [-0.2, -0.15) is 0 Å². The van der Waals surface area contributed by atoms with E-state index in [1.165, 1.54) is 0 Å². The first kappa shape index (κ1) is 21.2. The smallest absolute Gasteiger partial charge is 0.244 e. The van der Waals surface area contributed by atoms with Gasteiger partial charge in [-0.25, -0.2) is 0 Å². The van der Waals surface area contributed by atoms with Gasteiger partial charge in [-0.1, -0.05) is 35.0 Å². The summed E-state index contributed by atoms with van der Waals surface area (Å²) in [4.78, 5) is 12.4. The Morgan fingerprint density at radius 2 is 2.07 bits per heavy atom. The largest absolute Gasteiger partial charge is 0.493 e. The Kier molecular flexibility index (Phi) is 6.80. The fraction of sp³-hybridized carbons (Fsp3) is 0.292. The van der Waals surface area contributed by atoms with Crippen LogP contribution >= 0.6 is 15.9 Å². The van der Waals surface area contributed by atoms with Crippen molar-refractivity contribution in [3.8, 4) is 16.9 Å². The number of carbonyl (C=O) groups is 1. The number of rotatable bonds is 7. The van der Waals surface area contributed by atoms with Gasteiger partial charge in [0.25, 0.3) is 0 Å². The predicted molar refractivity (Wildman–Crippen MR) is 122 cm³/mol. The van der Waals surface area contributed by atoms with E-state index >= 15 is 0 Å². The van der Waals surface area contributed by atoms with Crippen LogP contribution in [0.15, 0.2) is 57.6 Å². The van der Waals surface area contributed by atoms with Crippen molar-refractivity contribution < 1.29 is 13.9 Å². The van der Waals surface area contributed by atoms with Crippen molar-refractivity contribution in [2.45, 2.75) is 40.2 Å². The number of furan rings is 1. The predicted octanol–water partition coefficient (Wildman–Crippen LogP) is 6.58. The highest BCUT2D eigenvalue weighted by Crippen LogP contribution is 2.38. The molecule has 1 aromatic heterocycles. The molecule has 3 aromatic rings. The van der Waals surface area contributed by atoms with Crippen molar-refractivity contribution in [3.05, 3.63) is 58.8 Å². The normalized spacial score (nSPS) is 12.8. The quantitative estimate of drug-likeness (QED) is 0.409. The third kappa shape index (κ3) is 4.91. The molecule has 0 saturated carbocycles. The number of fused-ring (bicyclic) bond motifs is 1. The summed E-state index contributed by atoms with van der Waals surface area (Å²) in [6.07, 6.45) is 4.29. The Balaban J connectivity index is 2.08. The van der Waals surface area contributed by atoms with E-state index in [2.05, 4.69) is 27.3 Å². The zero-order valence-corrected chi connectivity index (χ0v) is 18.8. The lowest BCUT2D eigenvalue weighted by molar-refractivity contribution is -0.117. The summed E-state index contributed by atoms with van der Waals surface area (Å²) < 4.78 is 12.7. The number of carbonyl (C=O) groups excluding carboxylic acids is 1. The molecule has 1 amide bonds. The summed E-state index contributed by atoms with van der Waals surface area (Å²) in [6, 6.07) is 12.2. The van der Waals surface area contributed by atoms with Crippen LogP contribution in [0.5, 0.6) is 5.75 Å². The Morgan fingerprint density at radius 1 is 1.28 bits per heavy atom. The maximum Gasteiger partial charge on any atom is 0.244 e. The van der Waals surface area contributed by atoms with Crippen LogP contribution in [-0.4, -0.2) is 18.6 Å². The van der Waals surface area contributed by atoms with Crippen molar-refractivity contribution in [2.24, 2.45) is 0 Å². The highest BCUT2D eigenvalue weighted by Gasteiger charge is 2.15. The van der Waals surface area contributed by atoms with Gasteiger partial charge < -0.3 is 14.5 Å². The van der Waals surface area contributed by atoms with Crippen LogP contribution in [0.2, 0.25) is 0 Å². The molecule has 3 rings (SSSR count). The summed E-state index contributed by atoms with van der Waals surface area (Å²) in [5.41, 5.74) is 4.55. The lowest BCUT2D eigenvalue weighted by atomic mass is 9.99. The average molecular weight is 456 g/mol. The first-order valence-electron chi connectivity index (χ1n) is 9.86. The van der Waals surface area contributed by atoms with Gasteiger partial charge in [0, 0.05) is 39.2 Å². The molecule has 0 aliphatic carbocycles. The number of ether oxygens (including phenoxy) is 1. The summed E-state index contributed by atoms with van der Waals surface area (Å²) >= 11 is 3.53. The van der Waals surface area contributed by atoms with Crippen LogP contribution in [0.4, 0.5) is 0 Å². The molecule has 4 nitrogen and oxygen atoms in total. The van der Waals surface area contributed by atoms with Crippen LogP contribution in [0, 0.1) is 0 Å². The van der Waals surface area contributed by atoms with Gasteiger partial charge >= 0.3 is 0 Å². The number of hydrogen-bond acceptors (Lipinski definition) is 3. The van der Waals surface area contributed by atoms with E-state index in [1.54, 1.807) is 12.3 Å². The van der Waals surface area contributed by atoms with Crippen LogP contribution in [0.3, 0.4) is 0 Å². The van der Waals surface area contributed by atoms with Crippen LogP contribution in [0.1, 0.15) is 39.7 Å². The highest BCUT2D eigenvalue weighted by molar-refractivity contribution is 9.10. The fourth-order valence-electron chi connectivity index (χ4n) is 3.18. The second kappa shape index (κ2) is 9.31. The first-order chi connectivity index (χ1) is 13.9. The number of halogens is 1. The molecule has 0 radical (unpaired) electrons. The van der Waals surface area contributed by atoms with Crippen molar-refractivity contribution in [3.63, 3.8) is 0 Å². The van der Waals surface area contributed by atoms with Gasteiger partial charge in [0.05, 0.1) is 12.9 Å². The molecule has 1 atom stereocenters. The molecular formula is C24H26BrNO3. The van der Waals surface area contributed by atoms with Crippen LogP contribution in [-0.2, 0) is 4.79 Å². The van der Waals surface area contributed by atoms with E-state index in [0.717, 1.165) is 44.1 Å². The summed E-state index contributed by atoms with van der Waals surface area (Å²) in [6.45, 7) is 8.44. The number of nitrogens with one attached hydrogen (secondary N) is 1. The maximum absolute atomic E-state index is 12.4.